The van der Waals surface area contributed by atoms with Gasteiger partial charge in [0.25, 0.3) is 5.91 Å². The number of aromatic carboxylic acids is 1. The lowest BCUT2D eigenvalue weighted by Gasteiger charge is -2.30. The van der Waals surface area contributed by atoms with Crippen molar-refractivity contribution in [3.63, 3.8) is 0 Å². The third-order valence-electron chi connectivity index (χ3n) is 3.17. The van der Waals surface area contributed by atoms with Gasteiger partial charge in [-0.05, 0) is 30.9 Å². The Morgan fingerprint density at radius 3 is 2.78 bits per heavy atom. The molecule has 2 heterocycles. The maximum Gasteiger partial charge on any atom is 0.354 e. The minimum absolute atomic E-state index is 0.0430. The molecule has 1 saturated heterocycles. The monoisotopic (exact) mass is 248 g/mol. The average Bonchev–Trinajstić information content (AvgIpc) is 2.38. The summed E-state index contributed by atoms with van der Waals surface area (Å²) in [6.45, 7) is 3.66. The molecule has 1 aromatic heterocycles. The zero-order valence-electron chi connectivity index (χ0n) is 10.3. The number of aromatic nitrogens is 1. The molecule has 0 radical (unpaired) electrons. The van der Waals surface area contributed by atoms with Crippen LogP contribution >= 0.6 is 0 Å². The molecule has 0 aliphatic carbocycles. The Labute approximate surface area is 105 Å². The van der Waals surface area contributed by atoms with Crippen molar-refractivity contribution in [2.24, 2.45) is 5.92 Å². The summed E-state index contributed by atoms with van der Waals surface area (Å²) in [6.07, 6.45) is 3.51. The quantitative estimate of drug-likeness (QED) is 0.864. The van der Waals surface area contributed by atoms with E-state index in [1.807, 2.05) is 4.90 Å². The predicted octanol–water partition coefficient (Wildman–Crippen LogP) is 1.65. The van der Waals surface area contributed by atoms with Crippen LogP contribution in [0.4, 0.5) is 0 Å². The van der Waals surface area contributed by atoms with Gasteiger partial charge in [-0.25, -0.2) is 9.78 Å². The van der Waals surface area contributed by atoms with E-state index in [0.29, 0.717) is 11.5 Å². The molecule has 0 spiro atoms. The standard InChI is InChI=1S/C13H16N2O3/c1-9-3-2-6-15(8-9)12(16)10-4-5-11(13(17)18)14-7-10/h4-5,7,9H,2-3,6,8H2,1H3,(H,17,18). The van der Waals surface area contributed by atoms with E-state index in [9.17, 15) is 9.59 Å². The number of likely N-dealkylation sites (tertiary alicyclic amines) is 1. The summed E-state index contributed by atoms with van der Waals surface area (Å²) in [6, 6.07) is 2.89. The molecule has 1 unspecified atom stereocenters. The lowest BCUT2D eigenvalue weighted by molar-refractivity contribution is 0.0671. The van der Waals surface area contributed by atoms with E-state index >= 15 is 0 Å². The Balaban J connectivity index is 2.10. The largest absolute Gasteiger partial charge is 0.477 e. The third-order valence-corrected chi connectivity index (χ3v) is 3.17. The second-order valence-electron chi connectivity index (χ2n) is 4.74. The summed E-state index contributed by atoms with van der Waals surface area (Å²) in [5, 5.41) is 8.74. The molecule has 1 amide bonds. The van der Waals surface area contributed by atoms with E-state index in [1.165, 1.54) is 18.3 Å². The van der Waals surface area contributed by atoms with Crippen LogP contribution in [0, 0.1) is 5.92 Å². The third kappa shape index (κ3) is 2.67. The number of amides is 1. The van der Waals surface area contributed by atoms with Crippen LogP contribution in [0.15, 0.2) is 18.3 Å². The van der Waals surface area contributed by atoms with Gasteiger partial charge in [-0.15, -0.1) is 0 Å². The predicted molar refractivity (Wildman–Crippen MR) is 65.5 cm³/mol. The molecule has 0 aromatic carbocycles. The van der Waals surface area contributed by atoms with Crippen LogP contribution in [0.5, 0.6) is 0 Å². The molecule has 1 aliphatic heterocycles. The molecule has 2 rings (SSSR count). The normalized spacial score (nSPS) is 19.6. The molecule has 96 valence electrons. The number of carboxylic acids is 1. The summed E-state index contributed by atoms with van der Waals surface area (Å²) in [4.78, 5) is 28.4. The summed E-state index contributed by atoms with van der Waals surface area (Å²) in [7, 11) is 0. The minimum Gasteiger partial charge on any atom is -0.477 e. The number of carbonyl (C=O) groups excluding carboxylic acids is 1. The number of rotatable bonds is 2. The van der Waals surface area contributed by atoms with E-state index in [4.69, 9.17) is 5.11 Å². The Bertz CT molecular complexity index is 456. The summed E-state index contributed by atoms with van der Waals surface area (Å²) >= 11 is 0. The Kier molecular flexibility index (Phi) is 3.60. The van der Waals surface area contributed by atoms with Gasteiger partial charge in [0.05, 0.1) is 5.56 Å². The maximum atomic E-state index is 12.2. The van der Waals surface area contributed by atoms with Gasteiger partial charge in [-0.3, -0.25) is 4.79 Å². The molecular formula is C13H16N2O3. The SMILES string of the molecule is CC1CCCN(C(=O)c2ccc(C(=O)O)nc2)C1. The Hall–Kier alpha value is -1.91. The van der Waals surface area contributed by atoms with Crippen LogP contribution < -0.4 is 0 Å². The second kappa shape index (κ2) is 5.16. The Morgan fingerprint density at radius 2 is 2.22 bits per heavy atom. The molecule has 0 saturated carbocycles. The van der Waals surface area contributed by atoms with Crippen molar-refractivity contribution >= 4 is 11.9 Å². The van der Waals surface area contributed by atoms with Crippen molar-refractivity contribution in [2.75, 3.05) is 13.1 Å². The van der Waals surface area contributed by atoms with Crippen molar-refractivity contribution in [3.8, 4) is 0 Å². The molecule has 0 bridgehead atoms. The fourth-order valence-corrected chi connectivity index (χ4v) is 2.20. The second-order valence-corrected chi connectivity index (χ2v) is 4.74. The minimum atomic E-state index is -1.08. The average molecular weight is 248 g/mol. The summed E-state index contributed by atoms with van der Waals surface area (Å²) < 4.78 is 0. The van der Waals surface area contributed by atoms with Crippen LogP contribution in [-0.2, 0) is 0 Å². The van der Waals surface area contributed by atoms with E-state index < -0.39 is 5.97 Å². The molecular weight excluding hydrogens is 232 g/mol. The first-order valence-corrected chi connectivity index (χ1v) is 6.06. The zero-order valence-corrected chi connectivity index (χ0v) is 10.3. The molecule has 1 N–H and O–H groups in total. The highest BCUT2D eigenvalue weighted by molar-refractivity contribution is 5.95. The highest BCUT2D eigenvalue weighted by Crippen LogP contribution is 2.17. The number of piperidine rings is 1. The zero-order chi connectivity index (χ0) is 13.1. The lowest BCUT2D eigenvalue weighted by Crippen LogP contribution is -2.39. The molecule has 1 aromatic rings. The van der Waals surface area contributed by atoms with Gasteiger partial charge in [0.15, 0.2) is 0 Å². The van der Waals surface area contributed by atoms with Crippen LogP contribution in [-0.4, -0.2) is 40.0 Å². The smallest absolute Gasteiger partial charge is 0.354 e. The highest BCUT2D eigenvalue weighted by atomic mass is 16.4. The van der Waals surface area contributed by atoms with E-state index in [-0.39, 0.29) is 11.6 Å². The van der Waals surface area contributed by atoms with E-state index in [1.54, 1.807) is 0 Å². The van der Waals surface area contributed by atoms with E-state index in [0.717, 1.165) is 25.9 Å². The first-order valence-electron chi connectivity index (χ1n) is 6.06. The number of nitrogens with zero attached hydrogens (tertiary/aromatic N) is 2. The highest BCUT2D eigenvalue weighted by Gasteiger charge is 2.22. The van der Waals surface area contributed by atoms with Crippen LogP contribution in [0.3, 0.4) is 0 Å². The first-order chi connectivity index (χ1) is 8.58. The fourth-order valence-electron chi connectivity index (χ4n) is 2.20. The van der Waals surface area contributed by atoms with Gasteiger partial charge >= 0.3 is 5.97 Å². The van der Waals surface area contributed by atoms with E-state index in [2.05, 4.69) is 11.9 Å². The van der Waals surface area contributed by atoms with Crippen LogP contribution in [0.2, 0.25) is 0 Å². The number of carboxylic acid groups (broad SMARTS) is 1. The molecule has 5 nitrogen and oxygen atoms in total. The summed E-state index contributed by atoms with van der Waals surface area (Å²) in [5.41, 5.74) is 0.410. The van der Waals surface area contributed by atoms with Gasteiger partial charge in [0.2, 0.25) is 0 Å². The van der Waals surface area contributed by atoms with Crippen molar-refractivity contribution < 1.29 is 14.7 Å². The van der Waals surface area contributed by atoms with Gasteiger partial charge in [-0.2, -0.15) is 0 Å². The van der Waals surface area contributed by atoms with Gasteiger partial charge in [0, 0.05) is 19.3 Å². The van der Waals surface area contributed by atoms with Crippen molar-refractivity contribution in [3.05, 3.63) is 29.6 Å². The van der Waals surface area contributed by atoms with Gasteiger partial charge in [-0.1, -0.05) is 6.92 Å². The number of hydrogen-bond donors (Lipinski definition) is 1. The van der Waals surface area contributed by atoms with Crippen LogP contribution in [0.1, 0.15) is 40.6 Å². The lowest BCUT2D eigenvalue weighted by atomic mass is 10.00. The first kappa shape index (κ1) is 12.5. The molecule has 1 atom stereocenters. The number of carbonyl (C=O) groups is 2. The number of hydrogen-bond acceptors (Lipinski definition) is 3. The topological polar surface area (TPSA) is 70.5 Å². The molecule has 1 fully saturated rings. The molecule has 1 aliphatic rings. The summed E-state index contributed by atoms with van der Waals surface area (Å²) in [5.74, 6) is -0.625. The van der Waals surface area contributed by atoms with Gasteiger partial charge in [0.1, 0.15) is 5.69 Å². The Morgan fingerprint density at radius 1 is 1.44 bits per heavy atom. The van der Waals surface area contributed by atoms with Crippen molar-refractivity contribution in [2.45, 2.75) is 19.8 Å². The maximum absolute atomic E-state index is 12.2. The number of pyridine rings is 1. The van der Waals surface area contributed by atoms with Crippen molar-refractivity contribution in [1.29, 1.82) is 0 Å². The van der Waals surface area contributed by atoms with Crippen molar-refractivity contribution in [1.82, 2.24) is 9.88 Å². The van der Waals surface area contributed by atoms with Crippen LogP contribution in [0.25, 0.3) is 0 Å². The fraction of sp³-hybridized carbons (Fsp3) is 0.462. The molecule has 5 heteroatoms. The van der Waals surface area contributed by atoms with Gasteiger partial charge < -0.3 is 10.0 Å². The molecule has 18 heavy (non-hydrogen) atoms.